The summed E-state index contributed by atoms with van der Waals surface area (Å²) in [7, 11) is -1.40. The highest BCUT2D eigenvalue weighted by Crippen LogP contribution is 2.36. The lowest BCUT2D eigenvalue weighted by atomic mass is 10.0. The molecule has 214 valence electrons. The van der Waals surface area contributed by atoms with Crippen molar-refractivity contribution in [2.24, 2.45) is 7.05 Å². The monoisotopic (exact) mass is 585 g/mol. The normalized spacial score (nSPS) is 12.5. The number of hydrogen-bond acceptors (Lipinski definition) is 10. The number of aromatic nitrogens is 5. The summed E-state index contributed by atoms with van der Waals surface area (Å²) in [4.78, 5) is 3.49. The van der Waals surface area contributed by atoms with Gasteiger partial charge in [0.25, 0.3) is 10.0 Å². The van der Waals surface area contributed by atoms with Gasteiger partial charge < -0.3 is 19.6 Å². The van der Waals surface area contributed by atoms with E-state index in [1.165, 1.54) is 19.4 Å². The highest BCUT2D eigenvalue weighted by molar-refractivity contribution is 7.92. The number of fused-ring (bicyclic) bond motifs is 1. The molecule has 5 aromatic rings. The van der Waals surface area contributed by atoms with Crippen molar-refractivity contribution in [3.63, 3.8) is 0 Å². The predicted octanol–water partition coefficient (Wildman–Crippen LogP) is 3.24. The molecule has 0 bridgehead atoms. The van der Waals surface area contributed by atoms with Crippen LogP contribution in [0.2, 0.25) is 0 Å². The Morgan fingerprint density at radius 1 is 1.12 bits per heavy atom. The van der Waals surface area contributed by atoms with E-state index in [2.05, 4.69) is 30.3 Å². The van der Waals surface area contributed by atoms with Gasteiger partial charge in [-0.3, -0.25) is 9.40 Å². The van der Waals surface area contributed by atoms with Gasteiger partial charge in [-0.05, 0) is 42.8 Å². The maximum Gasteiger partial charge on any atom is 0.264 e. The minimum Gasteiger partial charge on any atom is -0.480 e. The standard InChI is InChI=1S/C26H25F2N7O5S/c1-14(36)10-29-13-24-32-33-25(40-24)18-6-15(8-22-19(18)12-31-35(22)2)16-7-21(26(39-3)30-11-16)34-41(37,38)23-5-4-17(27)9-20(23)28/h4-9,11-12,14,29,34,36H,10,13H2,1-3H3/t14-/m1/s1. The van der Waals surface area contributed by atoms with Crippen molar-refractivity contribution in [2.75, 3.05) is 18.4 Å². The van der Waals surface area contributed by atoms with Crippen LogP contribution < -0.4 is 14.8 Å². The molecule has 0 spiro atoms. The zero-order chi connectivity index (χ0) is 29.3. The van der Waals surface area contributed by atoms with Gasteiger partial charge in [0.05, 0.1) is 37.0 Å². The summed E-state index contributed by atoms with van der Waals surface area (Å²) >= 11 is 0. The van der Waals surface area contributed by atoms with Crippen molar-refractivity contribution in [3.8, 4) is 28.5 Å². The first-order valence-electron chi connectivity index (χ1n) is 12.3. The number of anilines is 1. The van der Waals surface area contributed by atoms with E-state index in [1.54, 1.807) is 30.9 Å². The number of aliphatic hydroxyl groups is 1. The van der Waals surface area contributed by atoms with E-state index in [4.69, 9.17) is 9.15 Å². The fraction of sp³-hybridized carbons (Fsp3) is 0.231. The third-order valence-electron chi connectivity index (χ3n) is 6.09. The van der Waals surface area contributed by atoms with Crippen LogP contribution >= 0.6 is 0 Å². The molecule has 5 rings (SSSR count). The Hall–Kier alpha value is -4.47. The second-order valence-electron chi connectivity index (χ2n) is 9.17. The molecule has 3 heterocycles. The van der Waals surface area contributed by atoms with Crippen LogP contribution in [-0.2, 0) is 23.6 Å². The van der Waals surface area contributed by atoms with Crippen LogP contribution in [0.3, 0.4) is 0 Å². The third kappa shape index (κ3) is 5.86. The molecule has 2 aromatic carbocycles. The van der Waals surface area contributed by atoms with Gasteiger partial charge in [0.2, 0.25) is 17.7 Å². The first-order chi connectivity index (χ1) is 19.6. The molecule has 3 aromatic heterocycles. The van der Waals surface area contributed by atoms with E-state index >= 15 is 0 Å². The lowest BCUT2D eigenvalue weighted by molar-refractivity contribution is 0.189. The van der Waals surface area contributed by atoms with Gasteiger partial charge in [-0.15, -0.1) is 10.2 Å². The molecule has 12 nitrogen and oxygen atoms in total. The first kappa shape index (κ1) is 28.1. The number of halogens is 2. The van der Waals surface area contributed by atoms with E-state index in [0.29, 0.717) is 35.2 Å². The van der Waals surface area contributed by atoms with Crippen molar-refractivity contribution in [2.45, 2.75) is 24.5 Å². The summed E-state index contributed by atoms with van der Waals surface area (Å²) < 4.78 is 68.6. The minimum absolute atomic E-state index is 0.0621. The number of benzene rings is 2. The Balaban J connectivity index is 1.54. The quantitative estimate of drug-likeness (QED) is 0.222. The summed E-state index contributed by atoms with van der Waals surface area (Å²) in [5.74, 6) is -1.67. The number of pyridine rings is 1. The number of aliphatic hydroxyl groups excluding tert-OH is 1. The third-order valence-corrected chi connectivity index (χ3v) is 7.48. The van der Waals surface area contributed by atoms with E-state index in [-0.39, 0.29) is 24.0 Å². The van der Waals surface area contributed by atoms with Crippen LogP contribution in [0.4, 0.5) is 14.5 Å². The second-order valence-corrected chi connectivity index (χ2v) is 10.8. The molecule has 41 heavy (non-hydrogen) atoms. The number of nitrogens with one attached hydrogen (secondary N) is 2. The smallest absolute Gasteiger partial charge is 0.264 e. The molecule has 0 aliphatic heterocycles. The summed E-state index contributed by atoms with van der Waals surface area (Å²) in [5, 5.41) is 25.8. The zero-order valence-corrected chi connectivity index (χ0v) is 22.9. The van der Waals surface area contributed by atoms with Gasteiger partial charge in [-0.1, -0.05) is 0 Å². The van der Waals surface area contributed by atoms with Crippen LogP contribution in [0.1, 0.15) is 12.8 Å². The Bertz CT molecular complexity index is 1840. The maximum absolute atomic E-state index is 14.3. The predicted molar refractivity (Wildman–Crippen MR) is 144 cm³/mol. The average Bonchev–Trinajstić information content (AvgIpc) is 3.54. The highest BCUT2D eigenvalue weighted by atomic mass is 32.2. The Labute approximate surface area is 233 Å². The fourth-order valence-corrected chi connectivity index (χ4v) is 5.26. The molecule has 0 amide bonds. The molecular weight excluding hydrogens is 560 g/mol. The van der Waals surface area contributed by atoms with Crippen molar-refractivity contribution < 1.29 is 31.5 Å². The molecule has 15 heteroatoms. The molecule has 0 saturated carbocycles. The molecule has 0 radical (unpaired) electrons. The number of hydrogen-bond donors (Lipinski definition) is 3. The van der Waals surface area contributed by atoms with E-state index in [9.17, 15) is 22.3 Å². The summed E-state index contributed by atoms with van der Waals surface area (Å²) in [6.45, 7) is 2.26. The highest BCUT2D eigenvalue weighted by Gasteiger charge is 2.23. The van der Waals surface area contributed by atoms with Gasteiger partial charge >= 0.3 is 0 Å². The molecule has 0 aliphatic rings. The first-order valence-corrected chi connectivity index (χ1v) is 13.7. The lowest BCUT2D eigenvalue weighted by Gasteiger charge is -2.14. The molecule has 3 N–H and O–H groups in total. The number of nitrogens with zero attached hydrogens (tertiary/aromatic N) is 5. The Kier molecular flexibility index (Phi) is 7.66. The Morgan fingerprint density at radius 2 is 1.93 bits per heavy atom. The van der Waals surface area contributed by atoms with Crippen LogP contribution in [0.5, 0.6) is 5.88 Å². The SMILES string of the molecule is COc1ncc(-c2cc(-c3nnc(CNC[C@@H](C)O)o3)c3cnn(C)c3c2)cc1NS(=O)(=O)c1ccc(F)cc1F. The van der Waals surface area contributed by atoms with Gasteiger partial charge in [0.15, 0.2) is 0 Å². The fourth-order valence-electron chi connectivity index (χ4n) is 4.15. The summed E-state index contributed by atoms with van der Waals surface area (Å²) in [5.41, 5.74) is 2.31. The van der Waals surface area contributed by atoms with Crippen molar-refractivity contribution in [1.82, 2.24) is 30.3 Å². The lowest BCUT2D eigenvalue weighted by Crippen LogP contribution is -2.23. The van der Waals surface area contributed by atoms with Crippen LogP contribution in [0.25, 0.3) is 33.5 Å². The van der Waals surface area contributed by atoms with Gasteiger partial charge in [0.1, 0.15) is 22.2 Å². The number of ether oxygens (including phenoxy) is 1. The number of methoxy groups -OCH3 is 1. The molecule has 0 unspecified atom stereocenters. The average molecular weight is 586 g/mol. The Morgan fingerprint density at radius 3 is 2.66 bits per heavy atom. The molecule has 0 aliphatic carbocycles. The maximum atomic E-state index is 14.3. The minimum atomic E-state index is -4.47. The molecule has 1 atom stereocenters. The van der Waals surface area contributed by atoms with Crippen LogP contribution in [0.15, 0.2) is 58.1 Å². The van der Waals surface area contributed by atoms with E-state index in [0.717, 1.165) is 23.0 Å². The van der Waals surface area contributed by atoms with E-state index in [1.807, 2.05) is 6.07 Å². The zero-order valence-electron chi connectivity index (χ0n) is 22.1. The largest absolute Gasteiger partial charge is 0.480 e. The molecular formula is C26H25F2N7O5S. The number of rotatable bonds is 10. The molecule has 0 fully saturated rings. The van der Waals surface area contributed by atoms with Crippen molar-refractivity contribution in [1.29, 1.82) is 0 Å². The summed E-state index contributed by atoms with van der Waals surface area (Å²) in [6, 6.07) is 7.24. The van der Waals surface area contributed by atoms with Crippen LogP contribution in [0, 0.1) is 11.6 Å². The van der Waals surface area contributed by atoms with E-state index < -0.39 is 32.7 Å². The van der Waals surface area contributed by atoms with Crippen LogP contribution in [-0.4, -0.2) is 58.2 Å². The number of sulfonamides is 1. The van der Waals surface area contributed by atoms with Crippen molar-refractivity contribution >= 4 is 26.6 Å². The number of aryl methyl sites for hydroxylation is 1. The molecule has 0 saturated heterocycles. The summed E-state index contributed by atoms with van der Waals surface area (Å²) in [6.07, 6.45) is 2.61. The van der Waals surface area contributed by atoms with Crippen molar-refractivity contribution in [3.05, 3.63) is 66.3 Å². The topological polar surface area (TPSA) is 157 Å². The van der Waals surface area contributed by atoms with Gasteiger partial charge in [0, 0.05) is 36.8 Å². The van der Waals surface area contributed by atoms with Gasteiger partial charge in [-0.25, -0.2) is 22.2 Å². The van der Waals surface area contributed by atoms with Gasteiger partial charge in [-0.2, -0.15) is 5.10 Å². The second kappa shape index (κ2) is 11.2.